The van der Waals surface area contributed by atoms with Gasteiger partial charge in [0, 0.05) is 26.8 Å². The maximum Gasteiger partial charge on any atom is 0.410 e. The van der Waals surface area contributed by atoms with E-state index >= 15 is 0 Å². The molecule has 0 saturated carbocycles. The molecular weight excluding hydrogens is 278 g/mol. The summed E-state index contributed by atoms with van der Waals surface area (Å²) in [6.45, 7) is 6.45. The predicted molar refractivity (Wildman–Crippen MR) is 88.1 cm³/mol. The summed E-state index contributed by atoms with van der Waals surface area (Å²) in [4.78, 5) is 20.7. The highest BCUT2D eigenvalue weighted by Crippen LogP contribution is 2.32. The Balaban J connectivity index is 2.17. The SMILES string of the molecule is CN(C)c1ccc(C2CCCCN2C(=O)OC(C)(C)C)cn1. The predicted octanol–water partition coefficient (Wildman–Crippen LogP) is 3.61. The molecule has 0 aliphatic carbocycles. The molecule has 0 bridgehead atoms. The smallest absolute Gasteiger partial charge is 0.410 e. The van der Waals surface area contributed by atoms with Crippen molar-refractivity contribution in [3.63, 3.8) is 0 Å². The highest BCUT2D eigenvalue weighted by molar-refractivity contribution is 5.69. The van der Waals surface area contributed by atoms with E-state index in [1.54, 1.807) is 0 Å². The zero-order valence-corrected chi connectivity index (χ0v) is 14.3. The fraction of sp³-hybridized carbons (Fsp3) is 0.647. The van der Waals surface area contributed by atoms with Crippen LogP contribution >= 0.6 is 0 Å². The number of carbonyl (C=O) groups excluding carboxylic acids is 1. The van der Waals surface area contributed by atoms with Gasteiger partial charge in [-0.1, -0.05) is 6.07 Å². The lowest BCUT2D eigenvalue weighted by molar-refractivity contribution is 0.00948. The number of piperidine rings is 1. The minimum atomic E-state index is -0.466. The normalized spacial score (nSPS) is 19.0. The van der Waals surface area contributed by atoms with Gasteiger partial charge in [-0.05, 0) is 51.7 Å². The number of hydrogen-bond donors (Lipinski definition) is 0. The van der Waals surface area contributed by atoms with Crippen LogP contribution in [-0.4, -0.2) is 42.2 Å². The van der Waals surface area contributed by atoms with Crippen LogP contribution in [-0.2, 0) is 4.74 Å². The first-order chi connectivity index (χ1) is 10.3. The Morgan fingerprint density at radius 3 is 2.59 bits per heavy atom. The number of hydrogen-bond acceptors (Lipinski definition) is 4. The molecule has 0 aromatic carbocycles. The molecule has 1 fully saturated rings. The van der Waals surface area contributed by atoms with Crippen molar-refractivity contribution in [2.24, 2.45) is 0 Å². The van der Waals surface area contributed by atoms with Gasteiger partial charge in [-0.2, -0.15) is 0 Å². The molecule has 5 nitrogen and oxygen atoms in total. The molecule has 5 heteroatoms. The van der Waals surface area contributed by atoms with E-state index in [2.05, 4.69) is 11.1 Å². The molecule has 2 rings (SSSR count). The third-order valence-corrected chi connectivity index (χ3v) is 3.74. The Labute approximate surface area is 133 Å². The topological polar surface area (TPSA) is 45.7 Å². The van der Waals surface area contributed by atoms with Crippen molar-refractivity contribution in [3.8, 4) is 0 Å². The van der Waals surface area contributed by atoms with Crippen LogP contribution in [0.1, 0.15) is 51.6 Å². The molecule has 0 radical (unpaired) electrons. The van der Waals surface area contributed by atoms with Crippen molar-refractivity contribution in [2.45, 2.75) is 51.7 Å². The average molecular weight is 305 g/mol. The lowest BCUT2D eigenvalue weighted by atomic mass is 9.97. The van der Waals surface area contributed by atoms with Crippen molar-refractivity contribution in [2.75, 3.05) is 25.5 Å². The molecule has 1 saturated heterocycles. The molecule has 1 aromatic rings. The molecule has 1 aliphatic rings. The quantitative estimate of drug-likeness (QED) is 0.837. The molecular formula is C17H27N3O2. The van der Waals surface area contributed by atoms with Crippen molar-refractivity contribution in [1.82, 2.24) is 9.88 Å². The number of nitrogens with zero attached hydrogens (tertiary/aromatic N) is 3. The van der Waals surface area contributed by atoms with E-state index in [9.17, 15) is 4.79 Å². The second kappa shape index (κ2) is 6.55. The van der Waals surface area contributed by atoms with Crippen LogP contribution in [0.2, 0.25) is 0 Å². The standard InChI is InChI=1S/C17H27N3O2/c1-17(2,3)22-16(21)20-11-7-6-8-14(20)13-9-10-15(18-12-13)19(4)5/h9-10,12,14H,6-8,11H2,1-5H3. The van der Waals surface area contributed by atoms with Gasteiger partial charge in [-0.25, -0.2) is 9.78 Å². The number of pyridine rings is 1. The van der Waals surface area contributed by atoms with Crippen LogP contribution in [0.4, 0.5) is 10.6 Å². The van der Waals surface area contributed by atoms with E-state index in [-0.39, 0.29) is 12.1 Å². The van der Waals surface area contributed by atoms with Gasteiger partial charge in [0.15, 0.2) is 0 Å². The second-order valence-corrected chi connectivity index (χ2v) is 7.03. The molecule has 0 N–H and O–H groups in total. The molecule has 1 aromatic heterocycles. The Hall–Kier alpha value is -1.78. The summed E-state index contributed by atoms with van der Waals surface area (Å²) in [6, 6.07) is 4.12. The lowest BCUT2D eigenvalue weighted by Crippen LogP contribution is -2.41. The summed E-state index contributed by atoms with van der Waals surface area (Å²) in [5.74, 6) is 0.920. The molecule has 1 aliphatic heterocycles. The minimum Gasteiger partial charge on any atom is -0.444 e. The number of carbonyl (C=O) groups is 1. The average Bonchev–Trinajstić information content (AvgIpc) is 2.45. The highest BCUT2D eigenvalue weighted by Gasteiger charge is 2.31. The molecule has 22 heavy (non-hydrogen) atoms. The Morgan fingerprint density at radius 2 is 2.05 bits per heavy atom. The number of anilines is 1. The van der Waals surface area contributed by atoms with Crippen molar-refractivity contribution < 1.29 is 9.53 Å². The van der Waals surface area contributed by atoms with Crippen LogP contribution in [0, 0.1) is 0 Å². The third-order valence-electron chi connectivity index (χ3n) is 3.74. The van der Waals surface area contributed by atoms with Gasteiger partial charge in [-0.3, -0.25) is 0 Å². The molecule has 122 valence electrons. The molecule has 0 spiro atoms. The van der Waals surface area contributed by atoms with Crippen molar-refractivity contribution in [1.29, 1.82) is 0 Å². The molecule has 1 atom stereocenters. The molecule has 1 unspecified atom stereocenters. The number of rotatable bonds is 2. The number of ether oxygens (including phenoxy) is 1. The Morgan fingerprint density at radius 1 is 1.32 bits per heavy atom. The zero-order chi connectivity index (χ0) is 16.3. The summed E-state index contributed by atoms with van der Waals surface area (Å²) in [5.41, 5.74) is 0.614. The monoisotopic (exact) mass is 305 g/mol. The van der Waals surface area contributed by atoms with Gasteiger partial charge in [0.25, 0.3) is 0 Å². The maximum absolute atomic E-state index is 12.4. The summed E-state index contributed by atoms with van der Waals surface area (Å²) < 4.78 is 5.55. The van der Waals surface area contributed by atoms with Gasteiger partial charge < -0.3 is 14.5 Å². The van der Waals surface area contributed by atoms with Crippen LogP contribution < -0.4 is 4.90 Å². The van der Waals surface area contributed by atoms with Gasteiger partial charge in [0.2, 0.25) is 0 Å². The van der Waals surface area contributed by atoms with Gasteiger partial charge in [0.05, 0.1) is 6.04 Å². The molecule has 1 amide bonds. The minimum absolute atomic E-state index is 0.0623. The van der Waals surface area contributed by atoms with E-state index < -0.39 is 5.60 Å². The van der Waals surface area contributed by atoms with E-state index in [0.717, 1.165) is 37.2 Å². The number of amides is 1. The van der Waals surface area contributed by atoms with E-state index in [0.29, 0.717) is 0 Å². The first-order valence-electron chi connectivity index (χ1n) is 7.91. The van der Waals surface area contributed by atoms with Crippen LogP contribution in [0.3, 0.4) is 0 Å². The van der Waals surface area contributed by atoms with Gasteiger partial charge in [0.1, 0.15) is 11.4 Å². The van der Waals surface area contributed by atoms with Gasteiger partial charge >= 0.3 is 6.09 Å². The summed E-state index contributed by atoms with van der Waals surface area (Å²) >= 11 is 0. The fourth-order valence-electron chi connectivity index (χ4n) is 2.68. The number of likely N-dealkylation sites (tertiary alicyclic amines) is 1. The second-order valence-electron chi connectivity index (χ2n) is 7.03. The summed E-state index contributed by atoms with van der Waals surface area (Å²) in [6.07, 6.45) is 4.76. The van der Waals surface area contributed by atoms with E-state index in [1.807, 2.05) is 56.9 Å². The van der Waals surface area contributed by atoms with Gasteiger partial charge in [-0.15, -0.1) is 0 Å². The largest absolute Gasteiger partial charge is 0.444 e. The number of aromatic nitrogens is 1. The van der Waals surface area contributed by atoms with Crippen molar-refractivity contribution >= 4 is 11.9 Å². The maximum atomic E-state index is 12.4. The lowest BCUT2D eigenvalue weighted by Gasteiger charge is -2.37. The summed E-state index contributed by atoms with van der Waals surface area (Å²) in [5, 5.41) is 0. The van der Waals surface area contributed by atoms with Crippen molar-refractivity contribution in [3.05, 3.63) is 23.9 Å². The first kappa shape index (κ1) is 16.6. The molecule has 2 heterocycles. The van der Waals surface area contributed by atoms with Crippen LogP contribution in [0.25, 0.3) is 0 Å². The Bertz CT molecular complexity index is 506. The van der Waals surface area contributed by atoms with Crippen LogP contribution in [0.5, 0.6) is 0 Å². The first-order valence-corrected chi connectivity index (χ1v) is 7.91. The highest BCUT2D eigenvalue weighted by atomic mass is 16.6. The zero-order valence-electron chi connectivity index (χ0n) is 14.3. The van der Waals surface area contributed by atoms with E-state index in [4.69, 9.17) is 4.74 Å². The van der Waals surface area contributed by atoms with E-state index in [1.165, 1.54) is 0 Å². The summed E-state index contributed by atoms with van der Waals surface area (Å²) in [7, 11) is 3.94. The Kier molecular flexibility index (Phi) is 4.94. The fourth-order valence-corrected chi connectivity index (χ4v) is 2.68. The third kappa shape index (κ3) is 4.12. The van der Waals surface area contributed by atoms with Crippen LogP contribution in [0.15, 0.2) is 18.3 Å².